The van der Waals surface area contributed by atoms with Crippen molar-refractivity contribution in [3.8, 4) is 0 Å². The predicted octanol–water partition coefficient (Wildman–Crippen LogP) is 5.98. The van der Waals surface area contributed by atoms with Gasteiger partial charge in [-0.25, -0.2) is 0 Å². The molecule has 3 aromatic rings. The molecule has 0 bridgehead atoms. The van der Waals surface area contributed by atoms with E-state index in [1.54, 1.807) is 22.7 Å². The molecule has 4 heteroatoms. The molecule has 1 fully saturated rings. The Morgan fingerprint density at radius 1 is 0.857 bits per heavy atom. The molecule has 0 amide bonds. The van der Waals surface area contributed by atoms with Gasteiger partial charge >= 0.3 is 0 Å². The lowest BCUT2D eigenvalue weighted by molar-refractivity contribution is -0.113. The molecule has 2 aromatic heterocycles. The average molecular weight is 406 g/mol. The van der Waals surface area contributed by atoms with Gasteiger partial charge in [0.25, 0.3) is 0 Å². The third-order valence-corrected chi connectivity index (χ3v) is 6.97. The summed E-state index contributed by atoms with van der Waals surface area (Å²) in [7, 11) is 0. The van der Waals surface area contributed by atoms with Gasteiger partial charge in [-0.2, -0.15) is 0 Å². The number of hydrogen-bond acceptors (Lipinski definition) is 4. The second-order valence-corrected chi connectivity index (χ2v) is 9.13. The molecular formula is C24H23NOS2. The first kappa shape index (κ1) is 19.1. The molecule has 0 spiro atoms. The lowest BCUT2D eigenvalue weighted by Crippen LogP contribution is -2.37. The number of aryl methyl sites for hydroxylation is 2. The Morgan fingerprint density at radius 3 is 1.86 bits per heavy atom. The molecule has 4 rings (SSSR count). The molecule has 3 heterocycles. The van der Waals surface area contributed by atoms with Crippen molar-refractivity contribution in [1.82, 2.24) is 4.90 Å². The fourth-order valence-electron chi connectivity index (χ4n) is 3.44. The number of benzene rings is 1. The zero-order valence-electron chi connectivity index (χ0n) is 16.1. The van der Waals surface area contributed by atoms with E-state index in [2.05, 4.69) is 78.1 Å². The van der Waals surface area contributed by atoms with E-state index in [1.165, 1.54) is 26.4 Å². The van der Waals surface area contributed by atoms with Crippen LogP contribution in [0.5, 0.6) is 0 Å². The molecule has 0 atom stereocenters. The summed E-state index contributed by atoms with van der Waals surface area (Å²) in [4.78, 5) is 18.0. The molecule has 1 saturated heterocycles. The van der Waals surface area contributed by atoms with Gasteiger partial charge in [-0.15, -0.1) is 22.7 Å². The smallest absolute Gasteiger partial charge is 0.187 e. The molecular weight excluding hydrogens is 382 g/mol. The van der Waals surface area contributed by atoms with Gasteiger partial charge in [-0.05, 0) is 65.6 Å². The Bertz CT molecular complexity index is 977. The van der Waals surface area contributed by atoms with Crippen molar-refractivity contribution in [3.05, 3.63) is 90.8 Å². The maximum absolute atomic E-state index is 13.2. The number of carbonyl (C=O) groups excluding carboxylic acids is 1. The first-order chi connectivity index (χ1) is 13.6. The summed E-state index contributed by atoms with van der Waals surface area (Å²) in [6.45, 7) is 6.42. The van der Waals surface area contributed by atoms with Crippen LogP contribution in [0.3, 0.4) is 0 Å². The van der Waals surface area contributed by atoms with Crippen LogP contribution < -0.4 is 0 Å². The highest BCUT2D eigenvalue weighted by atomic mass is 32.1. The van der Waals surface area contributed by atoms with Crippen LogP contribution in [0.25, 0.3) is 12.2 Å². The maximum atomic E-state index is 13.2. The zero-order valence-corrected chi connectivity index (χ0v) is 17.8. The fraction of sp³-hybridized carbons (Fsp3) is 0.208. The Morgan fingerprint density at radius 2 is 1.39 bits per heavy atom. The second-order valence-electron chi connectivity index (χ2n) is 7.23. The Hall–Kier alpha value is -2.27. The Labute approximate surface area is 174 Å². The molecule has 0 radical (unpaired) electrons. The minimum Gasteiger partial charge on any atom is -0.290 e. The highest BCUT2D eigenvalue weighted by Crippen LogP contribution is 2.28. The lowest BCUT2D eigenvalue weighted by Gasteiger charge is -2.29. The number of piperidine rings is 1. The first-order valence-electron chi connectivity index (χ1n) is 9.40. The number of thiophene rings is 2. The minimum atomic E-state index is 0.185. The van der Waals surface area contributed by atoms with E-state index in [9.17, 15) is 4.79 Å². The number of ketones is 1. The van der Waals surface area contributed by atoms with Crippen molar-refractivity contribution in [3.63, 3.8) is 0 Å². The number of rotatable bonds is 4. The van der Waals surface area contributed by atoms with Gasteiger partial charge in [0.05, 0.1) is 0 Å². The lowest BCUT2D eigenvalue weighted by atomic mass is 9.95. The maximum Gasteiger partial charge on any atom is 0.187 e. The third kappa shape index (κ3) is 4.25. The van der Waals surface area contributed by atoms with E-state index in [-0.39, 0.29) is 5.78 Å². The molecule has 142 valence electrons. The van der Waals surface area contributed by atoms with Gasteiger partial charge in [0.15, 0.2) is 5.78 Å². The highest BCUT2D eigenvalue weighted by molar-refractivity contribution is 7.11. The SMILES string of the molecule is Cc1ccsc1C=C1CN(Cc2ccccc2)CC(=Cc2sccc2C)C1=O. The van der Waals surface area contributed by atoms with Crippen LogP contribution in [0.1, 0.15) is 26.4 Å². The number of nitrogens with zero attached hydrogens (tertiary/aromatic N) is 1. The standard InChI is InChI=1S/C24H23NOS2/c1-17-8-10-27-22(17)12-20-15-25(14-19-6-4-3-5-7-19)16-21(24(20)26)13-23-18(2)9-11-28-23/h3-13H,14-16H2,1-2H3. The zero-order chi connectivity index (χ0) is 19.5. The number of likely N-dealkylation sites (tertiary alicyclic amines) is 1. The predicted molar refractivity (Wildman–Crippen MR) is 121 cm³/mol. The van der Waals surface area contributed by atoms with Crippen LogP contribution in [-0.2, 0) is 11.3 Å². The fourth-order valence-corrected chi connectivity index (χ4v) is 5.21. The normalized spacial score (nSPS) is 18.3. The monoisotopic (exact) mass is 405 g/mol. The highest BCUT2D eigenvalue weighted by Gasteiger charge is 2.26. The number of hydrogen-bond donors (Lipinski definition) is 0. The Balaban J connectivity index is 1.68. The summed E-state index contributed by atoms with van der Waals surface area (Å²) in [5, 5.41) is 4.17. The van der Waals surface area contributed by atoms with Crippen LogP contribution in [-0.4, -0.2) is 23.8 Å². The molecule has 1 aliphatic rings. The van der Waals surface area contributed by atoms with E-state index in [0.717, 1.165) is 17.7 Å². The molecule has 2 nitrogen and oxygen atoms in total. The van der Waals surface area contributed by atoms with E-state index >= 15 is 0 Å². The van der Waals surface area contributed by atoms with Crippen LogP contribution in [0.15, 0.2) is 64.4 Å². The molecule has 1 aromatic carbocycles. The summed E-state index contributed by atoms with van der Waals surface area (Å²) < 4.78 is 0. The van der Waals surface area contributed by atoms with Crippen LogP contribution >= 0.6 is 22.7 Å². The van der Waals surface area contributed by atoms with E-state index in [0.29, 0.717) is 13.1 Å². The van der Waals surface area contributed by atoms with Crippen molar-refractivity contribution >= 4 is 40.6 Å². The topological polar surface area (TPSA) is 20.3 Å². The van der Waals surface area contributed by atoms with Crippen LogP contribution in [0.4, 0.5) is 0 Å². The second kappa shape index (κ2) is 8.39. The van der Waals surface area contributed by atoms with Crippen LogP contribution in [0, 0.1) is 13.8 Å². The quantitative estimate of drug-likeness (QED) is 0.498. The largest absolute Gasteiger partial charge is 0.290 e. The van der Waals surface area contributed by atoms with Crippen LogP contribution in [0.2, 0.25) is 0 Å². The molecule has 0 N–H and O–H groups in total. The van der Waals surface area contributed by atoms with E-state index in [1.807, 2.05) is 6.07 Å². The van der Waals surface area contributed by atoms with Crippen molar-refractivity contribution in [1.29, 1.82) is 0 Å². The van der Waals surface area contributed by atoms with Crippen molar-refractivity contribution in [2.24, 2.45) is 0 Å². The average Bonchev–Trinajstić information content (AvgIpc) is 3.28. The Kier molecular flexibility index (Phi) is 5.72. The number of Topliss-reactive ketones (excluding diaryl/α,β-unsaturated/α-hetero) is 1. The first-order valence-corrected chi connectivity index (χ1v) is 11.2. The van der Waals surface area contributed by atoms with Gasteiger partial charge in [0.1, 0.15) is 0 Å². The van der Waals surface area contributed by atoms with Gasteiger partial charge in [-0.3, -0.25) is 9.69 Å². The molecule has 0 saturated carbocycles. The molecule has 0 unspecified atom stereocenters. The van der Waals surface area contributed by atoms with Crippen molar-refractivity contribution < 1.29 is 4.79 Å². The molecule has 28 heavy (non-hydrogen) atoms. The van der Waals surface area contributed by atoms with E-state index in [4.69, 9.17) is 0 Å². The van der Waals surface area contributed by atoms with E-state index < -0.39 is 0 Å². The minimum absolute atomic E-state index is 0.185. The summed E-state index contributed by atoms with van der Waals surface area (Å²) in [5.74, 6) is 0.185. The summed E-state index contributed by atoms with van der Waals surface area (Å²) in [6.07, 6.45) is 4.18. The third-order valence-electron chi connectivity index (χ3n) is 5.03. The molecule has 1 aliphatic heterocycles. The van der Waals surface area contributed by atoms with Gasteiger partial charge < -0.3 is 0 Å². The molecule has 0 aliphatic carbocycles. The van der Waals surface area contributed by atoms with Gasteiger partial charge in [0.2, 0.25) is 0 Å². The van der Waals surface area contributed by atoms with Gasteiger partial charge in [-0.1, -0.05) is 30.3 Å². The summed E-state index contributed by atoms with van der Waals surface area (Å²) in [6, 6.07) is 14.7. The summed E-state index contributed by atoms with van der Waals surface area (Å²) >= 11 is 3.39. The van der Waals surface area contributed by atoms with Gasteiger partial charge in [0, 0.05) is 40.5 Å². The summed E-state index contributed by atoms with van der Waals surface area (Å²) in [5.41, 5.74) is 5.49. The van der Waals surface area contributed by atoms with Crippen molar-refractivity contribution in [2.45, 2.75) is 20.4 Å². The van der Waals surface area contributed by atoms with Crippen molar-refractivity contribution in [2.75, 3.05) is 13.1 Å². The number of carbonyl (C=O) groups is 1.